The zero-order chi connectivity index (χ0) is 16.9. The first-order chi connectivity index (χ1) is 10.9. The monoisotopic (exact) mass is 339 g/mol. The van der Waals surface area contributed by atoms with Crippen LogP contribution in [0.25, 0.3) is 5.70 Å². The van der Waals surface area contributed by atoms with Gasteiger partial charge in [0.2, 0.25) is 0 Å². The topological polar surface area (TPSA) is 21.3 Å². The molecule has 0 unspecified atom stereocenters. The summed E-state index contributed by atoms with van der Waals surface area (Å²) >= 11 is 1.60. The van der Waals surface area contributed by atoms with Crippen LogP contribution in [0.5, 0.6) is 0 Å². The third kappa shape index (κ3) is 4.77. The highest BCUT2D eigenvalue weighted by Crippen LogP contribution is 2.30. The van der Waals surface area contributed by atoms with E-state index in [1.807, 2.05) is 30.5 Å². The molecule has 122 valence electrons. The SMILES string of the molecule is C=C(NOCc1ccccc1SC)c1cccc(C(F)(F)F)c1. The highest BCUT2D eigenvalue weighted by atomic mass is 32.2. The van der Waals surface area contributed by atoms with Crippen molar-refractivity contribution < 1.29 is 18.0 Å². The molecule has 0 radical (unpaired) electrons. The molecule has 0 bridgehead atoms. The number of halogens is 3. The number of rotatable bonds is 6. The molecule has 2 aromatic carbocycles. The summed E-state index contributed by atoms with van der Waals surface area (Å²) in [7, 11) is 0. The molecule has 0 aliphatic heterocycles. The Kier molecular flexibility index (Phi) is 5.74. The van der Waals surface area contributed by atoms with Crippen molar-refractivity contribution in [2.45, 2.75) is 17.7 Å². The molecule has 0 spiro atoms. The largest absolute Gasteiger partial charge is 0.416 e. The van der Waals surface area contributed by atoms with Gasteiger partial charge in [0.25, 0.3) is 0 Å². The summed E-state index contributed by atoms with van der Waals surface area (Å²) in [6.07, 6.45) is -2.41. The molecule has 0 fully saturated rings. The fourth-order valence-corrected chi connectivity index (χ4v) is 2.57. The lowest BCUT2D eigenvalue weighted by Gasteiger charge is -2.13. The molecule has 2 rings (SSSR count). The molecule has 0 amide bonds. The van der Waals surface area contributed by atoms with E-state index in [0.29, 0.717) is 5.56 Å². The highest BCUT2D eigenvalue weighted by Gasteiger charge is 2.30. The second-order valence-electron chi connectivity index (χ2n) is 4.76. The summed E-state index contributed by atoms with van der Waals surface area (Å²) in [6.45, 7) is 4.00. The summed E-state index contributed by atoms with van der Waals surface area (Å²) in [5, 5.41) is 0. The lowest BCUT2D eigenvalue weighted by atomic mass is 10.1. The van der Waals surface area contributed by atoms with Gasteiger partial charge in [0.15, 0.2) is 0 Å². The Morgan fingerprint density at radius 1 is 1.17 bits per heavy atom. The minimum atomic E-state index is -4.38. The van der Waals surface area contributed by atoms with Crippen molar-refractivity contribution in [1.82, 2.24) is 5.48 Å². The summed E-state index contributed by atoms with van der Waals surface area (Å²) in [4.78, 5) is 6.44. The predicted molar refractivity (Wildman–Crippen MR) is 86.6 cm³/mol. The van der Waals surface area contributed by atoms with Gasteiger partial charge in [-0.3, -0.25) is 10.3 Å². The maximum atomic E-state index is 12.7. The molecule has 1 N–H and O–H groups in total. The number of hydroxylamine groups is 1. The third-order valence-corrected chi connectivity index (χ3v) is 3.99. The van der Waals surface area contributed by atoms with E-state index in [9.17, 15) is 13.2 Å². The molecule has 0 saturated heterocycles. The molecule has 0 aromatic heterocycles. The van der Waals surface area contributed by atoms with Crippen LogP contribution >= 0.6 is 11.8 Å². The Balaban J connectivity index is 1.98. The first kappa shape index (κ1) is 17.4. The lowest BCUT2D eigenvalue weighted by Crippen LogP contribution is -2.13. The molecule has 2 aromatic rings. The number of benzene rings is 2. The molecule has 2 nitrogen and oxygen atoms in total. The maximum Gasteiger partial charge on any atom is 0.416 e. The van der Waals surface area contributed by atoms with E-state index in [-0.39, 0.29) is 12.3 Å². The minimum absolute atomic E-state index is 0.276. The second kappa shape index (κ2) is 7.57. The molecule has 0 atom stereocenters. The molecule has 0 heterocycles. The van der Waals surface area contributed by atoms with E-state index in [4.69, 9.17) is 4.84 Å². The van der Waals surface area contributed by atoms with E-state index in [1.165, 1.54) is 6.07 Å². The minimum Gasteiger partial charge on any atom is -0.271 e. The van der Waals surface area contributed by atoms with Gasteiger partial charge in [-0.1, -0.05) is 36.9 Å². The first-order valence-electron chi connectivity index (χ1n) is 6.78. The van der Waals surface area contributed by atoms with E-state index < -0.39 is 11.7 Å². The van der Waals surface area contributed by atoms with Crippen molar-refractivity contribution in [1.29, 1.82) is 0 Å². The average molecular weight is 339 g/mol. The molecule has 0 aliphatic rings. The van der Waals surface area contributed by atoms with Gasteiger partial charge < -0.3 is 0 Å². The Bertz CT molecular complexity index is 686. The number of thioether (sulfide) groups is 1. The Morgan fingerprint density at radius 2 is 1.91 bits per heavy atom. The summed E-state index contributed by atoms with van der Waals surface area (Å²) in [6, 6.07) is 12.7. The normalized spacial score (nSPS) is 11.3. The summed E-state index contributed by atoms with van der Waals surface area (Å²) in [5.41, 5.74) is 3.49. The molecular formula is C17H16F3NOS. The third-order valence-electron chi connectivity index (χ3n) is 3.15. The van der Waals surface area contributed by atoms with Gasteiger partial charge in [0.1, 0.15) is 6.61 Å². The van der Waals surface area contributed by atoms with Crippen molar-refractivity contribution in [3.05, 3.63) is 71.8 Å². The first-order valence-corrected chi connectivity index (χ1v) is 8.00. The number of hydrogen-bond donors (Lipinski definition) is 1. The van der Waals surface area contributed by atoms with Crippen molar-refractivity contribution >= 4 is 17.5 Å². The van der Waals surface area contributed by atoms with Gasteiger partial charge in [-0.2, -0.15) is 13.2 Å². The number of hydrogen-bond acceptors (Lipinski definition) is 3. The highest BCUT2D eigenvalue weighted by molar-refractivity contribution is 7.98. The molecule has 6 heteroatoms. The Morgan fingerprint density at radius 3 is 2.61 bits per heavy atom. The summed E-state index contributed by atoms with van der Waals surface area (Å²) in [5.74, 6) is 0. The van der Waals surface area contributed by atoms with Crippen LogP contribution in [0.4, 0.5) is 13.2 Å². The molecule has 0 aliphatic carbocycles. The zero-order valence-corrected chi connectivity index (χ0v) is 13.3. The predicted octanol–water partition coefficient (Wildman–Crippen LogP) is 5.12. The fraction of sp³-hybridized carbons (Fsp3) is 0.176. The van der Waals surface area contributed by atoms with E-state index in [2.05, 4.69) is 12.1 Å². The van der Waals surface area contributed by atoms with Crippen LogP contribution in [0.2, 0.25) is 0 Å². The van der Waals surface area contributed by atoms with Crippen molar-refractivity contribution in [2.24, 2.45) is 0 Å². The van der Waals surface area contributed by atoms with Crippen LogP contribution in [0.3, 0.4) is 0 Å². The van der Waals surface area contributed by atoms with Crippen molar-refractivity contribution in [2.75, 3.05) is 6.26 Å². The van der Waals surface area contributed by atoms with Crippen LogP contribution in [-0.2, 0) is 17.6 Å². The number of alkyl halides is 3. The van der Waals surface area contributed by atoms with Gasteiger partial charge in [0.05, 0.1) is 11.3 Å². The quantitative estimate of drug-likeness (QED) is 0.583. The Hall–Kier alpha value is -1.92. The lowest BCUT2D eigenvalue weighted by molar-refractivity contribution is -0.137. The van der Waals surface area contributed by atoms with E-state index in [1.54, 1.807) is 17.8 Å². The van der Waals surface area contributed by atoms with E-state index in [0.717, 1.165) is 22.6 Å². The van der Waals surface area contributed by atoms with Gasteiger partial charge in [-0.15, -0.1) is 11.8 Å². The zero-order valence-electron chi connectivity index (χ0n) is 12.5. The van der Waals surface area contributed by atoms with Crippen LogP contribution in [0, 0.1) is 0 Å². The number of nitrogens with one attached hydrogen (secondary N) is 1. The maximum absolute atomic E-state index is 12.7. The molecule has 23 heavy (non-hydrogen) atoms. The van der Waals surface area contributed by atoms with Gasteiger partial charge in [-0.05, 0) is 35.6 Å². The van der Waals surface area contributed by atoms with E-state index >= 15 is 0 Å². The van der Waals surface area contributed by atoms with Crippen LogP contribution in [-0.4, -0.2) is 6.26 Å². The smallest absolute Gasteiger partial charge is 0.271 e. The molecule has 0 saturated carbocycles. The van der Waals surface area contributed by atoms with Gasteiger partial charge in [-0.25, -0.2) is 0 Å². The summed E-state index contributed by atoms with van der Waals surface area (Å²) < 4.78 is 38.1. The van der Waals surface area contributed by atoms with Crippen molar-refractivity contribution in [3.8, 4) is 0 Å². The fourth-order valence-electron chi connectivity index (χ4n) is 1.97. The van der Waals surface area contributed by atoms with Crippen LogP contribution < -0.4 is 5.48 Å². The van der Waals surface area contributed by atoms with Crippen LogP contribution in [0.1, 0.15) is 16.7 Å². The average Bonchev–Trinajstić information content (AvgIpc) is 2.54. The second-order valence-corrected chi connectivity index (χ2v) is 5.61. The van der Waals surface area contributed by atoms with Gasteiger partial charge >= 0.3 is 6.18 Å². The van der Waals surface area contributed by atoms with Crippen LogP contribution in [0.15, 0.2) is 60.0 Å². The standard InChI is InChI=1S/C17H16F3NOS/c1-12(13-7-5-8-15(10-13)17(18,19)20)21-22-11-14-6-3-4-9-16(14)23-2/h3-10,21H,1,11H2,2H3. The Labute approximate surface area is 137 Å². The van der Waals surface area contributed by atoms with Crippen molar-refractivity contribution in [3.63, 3.8) is 0 Å². The molecular weight excluding hydrogens is 323 g/mol. The van der Waals surface area contributed by atoms with Gasteiger partial charge in [0, 0.05) is 4.90 Å².